The van der Waals surface area contributed by atoms with Crippen molar-refractivity contribution in [2.24, 2.45) is 5.16 Å². The van der Waals surface area contributed by atoms with Gasteiger partial charge in [0.1, 0.15) is 18.1 Å². The van der Waals surface area contributed by atoms with Crippen molar-refractivity contribution in [2.45, 2.75) is 12.8 Å². The molecule has 0 bridgehead atoms. The summed E-state index contributed by atoms with van der Waals surface area (Å²) in [5.41, 5.74) is 1.76. The lowest BCUT2D eigenvalue weighted by molar-refractivity contribution is -0.138. The minimum atomic E-state index is -4.46. The maximum atomic E-state index is 12.8. The van der Waals surface area contributed by atoms with Crippen LogP contribution < -0.4 is 4.74 Å². The van der Waals surface area contributed by atoms with Gasteiger partial charge in [-0.15, -0.1) is 0 Å². The summed E-state index contributed by atoms with van der Waals surface area (Å²) >= 11 is 0. The summed E-state index contributed by atoms with van der Waals surface area (Å²) in [5.74, 6) is -0.537. The molecule has 4 rings (SSSR count). The van der Waals surface area contributed by atoms with Crippen LogP contribution in [0.4, 0.5) is 13.2 Å². The number of oxime groups is 1. The van der Waals surface area contributed by atoms with E-state index in [1.807, 2.05) is 0 Å². The average Bonchev–Trinajstić information content (AvgIpc) is 3.22. The fraction of sp³-hybridized carbons (Fsp3) is 0.115. The van der Waals surface area contributed by atoms with Gasteiger partial charge in [0.05, 0.1) is 23.8 Å². The van der Waals surface area contributed by atoms with Gasteiger partial charge in [0, 0.05) is 5.56 Å². The Balaban J connectivity index is 1.44. The van der Waals surface area contributed by atoms with Crippen LogP contribution in [0.3, 0.4) is 0 Å². The van der Waals surface area contributed by atoms with Gasteiger partial charge in [0.15, 0.2) is 0 Å². The fourth-order valence-electron chi connectivity index (χ4n) is 3.28. The van der Waals surface area contributed by atoms with Gasteiger partial charge in [-0.1, -0.05) is 41.6 Å². The molecule has 3 aromatic carbocycles. The molecule has 0 saturated carbocycles. The quantitative estimate of drug-likeness (QED) is 0.267. The van der Waals surface area contributed by atoms with Crippen molar-refractivity contribution < 1.29 is 37.1 Å². The summed E-state index contributed by atoms with van der Waals surface area (Å²) < 4.78 is 48.9. The zero-order valence-corrected chi connectivity index (χ0v) is 18.3. The van der Waals surface area contributed by atoms with Gasteiger partial charge in [-0.25, -0.2) is 9.59 Å². The normalized spacial score (nSPS) is 14.5. The van der Waals surface area contributed by atoms with Crippen LogP contribution in [0.5, 0.6) is 5.75 Å². The maximum absolute atomic E-state index is 12.8. The summed E-state index contributed by atoms with van der Waals surface area (Å²) in [6.45, 7) is 0.277. The molecule has 0 N–H and O–H groups in total. The summed E-state index contributed by atoms with van der Waals surface area (Å²) in [6, 6.07) is 18.0. The Morgan fingerprint density at radius 3 is 2.23 bits per heavy atom. The Labute approximate surface area is 198 Å². The highest BCUT2D eigenvalue weighted by atomic mass is 19.4. The van der Waals surface area contributed by atoms with E-state index in [4.69, 9.17) is 9.57 Å². The van der Waals surface area contributed by atoms with Crippen molar-refractivity contribution in [2.75, 3.05) is 7.11 Å². The molecule has 178 valence electrons. The van der Waals surface area contributed by atoms with Crippen molar-refractivity contribution in [3.05, 3.63) is 106 Å². The van der Waals surface area contributed by atoms with Crippen LogP contribution in [0, 0.1) is 0 Å². The lowest BCUT2D eigenvalue weighted by Crippen LogP contribution is -2.09. The summed E-state index contributed by atoms with van der Waals surface area (Å²) in [6.07, 6.45) is -2.92. The van der Waals surface area contributed by atoms with Crippen LogP contribution >= 0.6 is 0 Å². The first-order valence-corrected chi connectivity index (χ1v) is 10.3. The number of carbonyl (C=O) groups is 2. The summed E-state index contributed by atoms with van der Waals surface area (Å²) in [7, 11) is 1.32. The standard InChI is InChI=1S/C26H18F3NO5/c1-33-24(31)19-6-2-17(3-7-19)15-34-21-12-4-16(5-13-21)14-22-23(30-35-25(22)32)18-8-10-20(11-9-18)26(27,28)29/h2-14H,15H2,1H3/b22-14-. The lowest BCUT2D eigenvalue weighted by Gasteiger charge is -2.08. The minimum absolute atomic E-state index is 0.129. The summed E-state index contributed by atoms with van der Waals surface area (Å²) in [5, 5.41) is 3.72. The second-order valence-electron chi connectivity index (χ2n) is 7.50. The third kappa shape index (κ3) is 5.57. The van der Waals surface area contributed by atoms with E-state index in [9.17, 15) is 22.8 Å². The highest BCUT2D eigenvalue weighted by Crippen LogP contribution is 2.30. The number of ether oxygens (including phenoxy) is 2. The molecule has 0 atom stereocenters. The van der Waals surface area contributed by atoms with Crippen LogP contribution in [0.25, 0.3) is 6.08 Å². The number of carbonyl (C=O) groups excluding carboxylic acids is 2. The topological polar surface area (TPSA) is 74.2 Å². The van der Waals surface area contributed by atoms with Crippen molar-refractivity contribution >= 4 is 23.7 Å². The van der Waals surface area contributed by atoms with Gasteiger partial charge in [0.2, 0.25) is 0 Å². The van der Waals surface area contributed by atoms with E-state index in [-0.39, 0.29) is 17.9 Å². The molecule has 0 aliphatic carbocycles. The van der Waals surface area contributed by atoms with Crippen LogP contribution in [-0.4, -0.2) is 24.8 Å². The molecule has 35 heavy (non-hydrogen) atoms. The van der Waals surface area contributed by atoms with Crippen LogP contribution in [0.15, 0.2) is 83.5 Å². The van der Waals surface area contributed by atoms with E-state index in [1.54, 1.807) is 54.6 Å². The smallest absolute Gasteiger partial charge is 0.416 e. The van der Waals surface area contributed by atoms with E-state index in [2.05, 4.69) is 9.89 Å². The number of halogens is 3. The highest BCUT2D eigenvalue weighted by Gasteiger charge is 2.31. The molecule has 0 amide bonds. The molecule has 9 heteroatoms. The predicted octanol–water partition coefficient (Wildman–Crippen LogP) is 5.42. The summed E-state index contributed by atoms with van der Waals surface area (Å²) in [4.78, 5) is 28.4. The number of hydrogen-bond acceptors (Lipinski definition) is 6. The fourth-order valence-corrected chi connectivity index (χ4v) is 3.28. The van der Waals surface area contributed by atoms with Gasteiger partial charge in [0.25, 0.3) is 0 Å². The molecule has 0 saturated heterocycles. The molecule has 1 aliphatic rings. The Morgan fingerprint density at radius 1 is 0.971 bits per heavy atom. The molecule has 3 aromatic rings. The van der Waals surface area contributed by atoms with Crippen molar-refractivity contribution in [1.29, 1.82) is 0 Å². The van der Waals surface area contributed by atoms with Crippen molar-refractivity contribution in [3.8, 4) is 5.75 Å². The highest BCUT2D eigenvalue weighted by molar-refractivity contribution is 6.31. The first-order chi connectivity index (χ1) is 16.7. The van der Waals surface area contributed by atoms with E-state index in [0.29, 0.717) is 22.4 Å². The first kappa shape index (κ1) is 23.7. The molecule has 1 heterocycles. The van der Waals surface area contributed by atoms with E-state index in [1.165, 1.54) is 19.2 Å². The lowest BCUT2D eigenvalue weighted by atomic mass is 9.99. The molecule has 6 nitrogen and oxygen atoms in total. The van der Waals surface area contributed by atoms with E-state index < -0.39 is 23.7 Å². The molecule has 0 radical (unpaired) electrons. The van der Waals surface area contributed by atoms with Crippen molar-refractivity contribution in [3.63, 3.8) is 0 Å². The van der Waals surface area contributed by atoms with Gasteiger partial charge in [-0.2, -0.15) is 13.2 Å². The third-order valence-electron chi connectivity index (χ3n) is 5.15. The molecule has 0 aromatic heterocycles. The molecule has 0 unspecified atom stereocenters. The number of esters is 1. The number of hydrogen-bond donors (Lipinski definition) is 0. The number of methoxy groups -OCH3 is 1. The van der Waals surface area contributed by atoms with Gasteiger partial charge in [-0.05, 0) is 53.6 Å². The van der Waals surface area contributed by atoms with Crippen LogP contribution in [0.2, 0.25) is 0 Å². The Kier molecular flexibility index (Phi) is 6.68. The molecular weight excluding hydrogens is 463 g/mol. The number of rotatable bonds is 6. The van der Waals surface area contributed by atoms with E-state index >= 15 is 0 Å². The molecular formula is C26H18F3NO5. The second-order valence-corrected chi connectivity index (χ2v) is 7.50. The Hall–Kier alpha value is -4.40. The largest absolute Gasteiger partial charge is 0.489 e. The molecule has 0 fully saturated rings. The average molecular weight is 481 g/mol. The van der Waals surface area contributed by atoms with Gasteiger partial charge in [-0.3, -0.25) is 0 Å². The minimum Gasteiger partial charge on any atom is -0.489 e. The SMILES string of the molecule is COC(=O)c1ccc(COc2ccc(/C=C3\C(=O)ON=C3c3ccc(C(F)(F)F)cc3)cc2)cc1. The Bertz CT molecular complexity index is 1290. The molecule has 0 spiro atoms. The van der Waals surface area contributed by atoms with Crippen LogP contribution in [0.1, 0.15) is 32.6 Å². The predicted molar refractivity (Wildman–Crippen MR) is 121 cm³/mol. The van der Waals surface area contributed by atoms with Gasteiger partial charge < -0.3 is 14.3 Å². The zero-order valence-electron chi connectivity index (χ0n) is 18.3. The Morgan fingerprint density at radius 2 is 1.63 bits per heavy atom. The van der Waals surface area contributed by atoms with Gasteiger partial charge >= 0.3 is 18.1 Å². The first-order valence-electron chi connectivity index (χ1n) is 10.3. The number of nitrogens with zero attached hydrogens (tertiary/aromatic N) is 1. The second kappa shape index (κ2) is 9.84. The third-order valence-corrected chi connectivity index (χ3v) is 5.15. The number of benzene rings is 3. The van der Waals surface area contributed by atoms with Crippen molar-refractivity contribution in [1.82, 2.24) is 0 Å². The zero-order chi connectivity index (χ0) is 25.0. The van der Waals surface area contributed by atoms with E-state index in [0.717, 1.165) is 17.7 Å². The maximum Gasteiger partial charge on any atom is 0.416 e. The monoisotopic (exact) mass is 481 g/mol. The molecule has 1 aliphatic heterocycles. The number of alkyl halides is 3. The van der Waals surface area contributed by atoms with Crippen LogP contribution in [-0.2, 0) is 27.2 Å².